The number of nitro groups is 1. The topological polar surface area (TPSA) is 93.5 Å². The van der Waals surface area contributed by atoms with Crippen molar-refractivity contribution in [2.75, 3.05) is 19.0 Å². The maximum Gasteiger partial charge on any atom is 0.271 e. The number of rotatable bonds is 6. The summed E-state index contributed by atoms with van der Waals surface area (Å²) >= 11 is 0. The first-order valence-corrected chi connectivity index (χ1v) is 6.20. The molecule has 0 aliphatic rings. The minimum absolute atomic E-state index is 0.109. The second-order valence-corrected chi connectivity index (χ2v) is 4.75. The Kier molecular flexibility index (Phi) is 5.04. The van der Waals surface area contributed by atoms with Crippen LogP contribution in [0.1, 0.15) is 20.8 Å². The van der Waals surface area contributed by atoms with E-state index in [1.54, 1.807) is 13.8 Å². The Bertz CT molecular complexity index is 514. The predicted molar refractivity (Wildman–Crippen MR) is 76.0 cm³/mol. The molecule has 0 unspecified atom stereocenters. The SMILES string of the molecule is CCNC(C)(C)C(=O)Nc1cc([N+](=O)[O-])ccc1OC. The summed E-state index contributed by atoms with van der Waals surface area (Å²) in [6.07, 6.45) is 0. The smallest absolute Gasteiger partial charge is 0.271 e. The third-order valence-electron chi connectivity index (χ3n) is 2.83. The fraction of sp³-hybridized carbons (Fsp3) is 0.462. The number of non-ortho nitro benzene ring substituents is 1. The molecule has 1 amide bonds. The van der Waals surface area contributed by atoms with Crippen molar-refractivity contribution in [3.63, 3.8) is 0 Å². The van der Waals surface area contributed by atoms with Crippen molar-refractivity contribution in [3.8, 4) is 5.75 Å². The molecule has 0 radical (unpaired) electrons. The average molecular weight is 281 g/mol. The van der Waals surface area contributed by atoms with Gasteiger partial charge in [-0.2, -0.15) is 0 Å². The summed E-state index contributed by atoms with van der Waals surface area (Å²) in [5.41, 5.74) is -0.621. The molecule has 0 bridgehead atoms. The second-order valence-electron chi connectivity index (χ2n) is 4.75. The van der Waals surface area contributed by atoms with Gasteiger partial charge in [0.2, 0.25) is 5.91 Å². The number of likely N-dealkylation sites (N-methyl/N-ethyl adjacent to an activating group) is 1. The molecule has 0 saturated heterocycles. The van der Waals surface area contributed by atoms with Gasteiger partial charge in [0.1, 0.15) is 5.75 Å². The van der Waals surface area contributed by atoms with Gasteiger partial charge in [-0.25, -0.2) is 0 Å². The van der Waals surface area contributed by atoms with Crippen molar-refractivity contribution in [2.45, 2.75) is 26.3 Å². The third kappa shape index (κ3) is 3.67. The number of benzene rings is 1. The van der Waals surface area contributed by atoms with E-state index in [-0.39, 0.29) is 17.3 Å². The highest BCUT2D eigenvalue weighted by atomic mass is 16.6. The van der Waals surface area contributed by atoms with E-state index in [0.29, 0.717) is 12.3 Å². The number of nitrogens with one attached hydrogen (secondary N) is 2. The van der Waals surface area contributed by atoms with Gasteiger partial charge in [0.25, 0.3) is 5.69 Å². The van der Waals surface area contributed by atoms with Crippen LogP contribution < -0.4 is 15.4 Å². The van der Waals surface area contributed by atoms with Crippen LogP contribution >= 0.6 is 0 Å². The molecule has 1 aromatic rings. The maximum absolute atomic E-state index is 12.2. The van der Waals surface area contributed by atoms with E-state index < -0.39 is 10.5 Å². The highest BCUT2D eigenvalue weighted by molar-refractivity contribution is 5.98. The zero-order chi connectivity index (χ0) is 15.3. The van der Waals surface area contributed by atoms with E-state index in [4.69, 9.17) is 4.74 Å². The lowest BCUT2D eigenvalue weighted by atomic mass is 10.0. The number of carbonyl (C=O) groups is 1. The molecule has 110 valence electrons. The molecule has 7 heteroatoms. The highest BCUT2D eigenvalue weighted by Gasteiger charge is 2.27. The largest absolute Gasteiger partial charge is 0.495 e. The summed E-state index contributed by atoms with van der Waals surface area (Å²) in [7, 11) is 1.44. The minimum atomic E-state index is -0.787. The molecular formula is C13H19N3O4. The summed E-state index contributed by atoms with van der Waals surface area (Å²) in [4.78, 5) is 22.4. The number of hydrogen-bond acceptors (Lipinski definition) is 5. The number of amides is 1. The Morgan fingerprint density at radius 2 is 2.10 bits per heavy atom. The number of anilines is 1. The van der Waals surface area contributed by atoms with E-state index in [0.717, 1.165) is 0 Å². The summed E-state index contributed by atoms with van der Waals surface area (Å²) in [6, 6.07) is 4.05. The molecule has 1 rings (SSSR count). The third-order valence-corrected chi connectivity index (χ3v) is 2.83. The van der Waals surface area contributed by atoms with Crippen molar-refractivity contribution in [3.05, 3.63) is 28.3 Å². The molecule has 2 N–H and O–H groups in total. The predicted octanol–water partition coefficient (Wildman–Crippen LogP) is 1.93. The number of carbonyl (C=O) groups excluding carboxylic acids is 1. The van der Waals surface area contributed by atoms with Crippen LogP contribution in [0.15, 0.2) is 18.2 Å². The van der Waals surface area contributed by atoms with E-state index in [9.17, 15) is 14.9 Å². The van der Waals surface area contributed by atoms with Gasteiger partial charge in [0.05, 0.1) is 23.3 Å². The lowest BCUT2D eigenvalue weighted by Gasteiger charge is -2.24. The van der Waals surface area contributed by atoms with Crippen LogP contribution in [0.3, 0.4) is 0 Å². The molecule has 1 aromatic carbocycles. The Morgan fingerprint density at radius 3 is 2.60 bits per heavy atom. The second kappa shape index (κ2) is 6.33. The monoisotopic (exact) mass is 281 g/mol. The van der Waals surface area contributed by atoms with E-state index in [2.05, 4.69) is 10.6 Å². The van der Waals surface area contributed by atoms with Crippen LogP contribution in [0.5, 0.6) is 5.75 Å². The van der Waals surface area contributed by atoms with Gasteiger partial charge in [0.15, 0.2) is 0 Å². The van der Waals surface area contributed by atoms with E-state index in [1.807, 2.05) is 6.92 Å². The number of nitro benzene ring substituents is 1. The molecule has 0 spiro atoms. The molecule has 0 aliphatic carbocycles. The lowest BCUT2D eigenvalue weighted by Crippen LogP contribution is -2.49. The Hall–Kier alpha value is -2.15. The fourth-order valence-corrected chi connectivity index (χ4v) is 1.71. The minimum Gasteiger partial charge on any atom is -0.495 e. The summed E-state index contributed by atoms with van der Waals surface area (Å²) in [5, 5.41) is 16.5. The van der Waals surface area contributed by atoms with Crippen LogP contribution in [0.2, 0.25) is 0 Å². The van der Waals surface area contributed by atoms with Gasteiger partial charge >= 0.3 is 0 Å². The molecule has 0 fully saturated rings. The van der Waals surface area contributed by atoms with E-state index in [1.165, 1.54) is 25.3 Å². The first kappa shape index (κ1) is 15.9. The van der Waals surface area contributed by atoms with Crippen molar-refractivity contribution in [1.29, 1.82) is 0 Å². The van der Waals surface area contributed by atoms with Gasteiger partial charge in [-0.1, -0.05) is 6.92 Å². The average Bonchev–Trinajstić information content (AvgIpc) is 2.38. The Balaban J connectivity index is 3.04. The van der Waals surface area contributed by atoms with E-state index >= 15 is 0 Å². The first-order valence-electron chi connectivity index (χ1n) is 6.20. The quantitative estimate of drug-likeness (QED) is 0.614. The van der Waals surface area contributed by atoms with Crippen LogP contribution in [0.25, 0.3) is 0 Å². The fourth-order valence-electron chi connectivity index (χ4n) is 1.71. The van der Waals surface area contributed by atoms with Crippen LogP contribution in [0, 0.1) is 10.1 Å². The van der Waals surface area contributed by atoms with Crippen LogP contribution in [0.4, 0.5) is 11.4 Å². The molecular weight excluding hydrogens is 262 g/mol. The molecule has 0 aromatic heterocycles. The Labute approximate surface area is 117 Å². The Morgan fingerprint density at radius 1 is 1.45 bits per heavy atom. The normalized spacial score (nSPS) is 11.0. The van der Waals surface area contributed by atoms with Gasteiger partial charge in [-0.15, -0.1) is 0 Å². The molecule has 0 saturated carbocycles. The van der Waals surface area contributed by atoms with Crippen molar-refractivity contribution in [1.82, 2.24) is 5.32 Å². The van der Waals surface area contributed by atoms with Crippen LogP contribution in [-0.4, -0.2) is 30.0 Å². The zero-order valence-electron chi connectivity index (χ0n) is 12.0. The summed E-state index contributed by atoms with van der Waals surface area (Å²) < 4.78 is 5.10. The molecule has 0 atom stereocenters. The van der Waals surface area contributed by atoms with Crippen molar-refractivity contribution >= 4 is 17.3 Å². The zero-order valence-corrected chi connectivity index (χ0v) is 12.0. The molecule has 7 nitrogen and oxygen atoms in total. The summed E-state index contributed by atoms with van der Waals surface area (Å²) in [5.74, 6) is 0.0781. The number of ether oxygens (including phenoxy) is 1. The maximum atomic E-state index is 12.2. The highest BCUT2D eigenvalue weighted by Crippen LogP contribution is 2.29. The first-order chi connectivity index (χ1) is 9.31. The van der Waals surface area contributed by atoms with Crippen molar-refractivity contribution in [2.24, 2.45) is 0 Å². The number of hydrogen-bond donors (Lipinski definition) is 2. The number of methoxy groups -OCH3 is 1. The van der Waals surface area contributed by atoms with Gasteiger partial charge < -0.3 is 15.4 Å². The number of nitrogens with zero attached hydrogens (tertiary/aromatic N) is 1. The van der Waals surface area contributed by atoms with Gasteiger partial charge in [-0.3, -0.25) is 14.9 Å². The molecule has 20 heavy (non-hydrogen) atoms. The standard InChI is InChI=1S/C13H19N3O4/c1-5-14-13(2,3)12(17)15-10-8-9(16(18)19)6-7-11(10)20-4/h6-8,14H,5H2,1-4H3,(H,15,17). The van der Waals surface area contributed by atoms with Crippen LogP contribution in [-0.2, 0) is 4.79 Å². The van der Waals surface area contributed by atoms with Crippen molar-refractivity contribution < 1.29 is 14.5 Å². The van der Waals surface area contributed by atoms with Gasteiger partial charge in [0, 0.05) is 12.1 Å². The lowest BCUT2D eigenvalue weighted by molar-refractivity contribution is -0.384. The molecule has 0 heterocycles. The summed E-state index contributed by atoms with van der Waals surface area (Å²) in [6.45, 7) is 5.99. The van der Waals surface area contributed by atoms with Gasteiger partial charge in [-0.05, 0) is 26.5 Å². The molecule has 0 aliphatic heterocycles.